The summed E-state index contributed by atoms with van der Waals surface area (Å²) < 4.78 is 14.2. The summed E-state index contributed by atoms with van der Waals surface area (Å²) in [6.45, 7) is 2.57. The minimum Gasteiger partial charge on any atom is -0.381 e. The van der Waals surface area contributed by atoms with Crippen LogP contribution in [0.5, 0.6) is 0 Å². The zero-order valence-electron chi connectivity index (χ0n) is 11.0. The number of β-amino-alcohol motifs (C(OH)–C–C–N with tert-alkyl or cyclic N) is 1. The van der Waals surface area contributed by atoms with E-state index < -0.39 is 11.4 Å². The maximum atomic E-state index is 14.2. The molecule has 0 aromatic carbocycles. The minimum absolute atomic E-state index is 0.233. The van der Waals surface area contributed by atoms with Crippen molar-refractivity contribution in [3.8, 4) is 0 Å². The standard InChI is InChI=1S/C12H15FN6O/c1-2-8-10(13)11(15-7-14-8)19-4-3-12(20,6-19)9-5-16-18-17-9/h5,7,20H,2-4,6H2,1H3,(H,16,17,18)/t12-/m1/s1. The fraction of sp³-hybridized carbons (Fsp3) is 0.500. The lowest BCUT2D eigenvalue weighted by Gasteiger charge is -2.22. The number of aromatic nitrogens is 5. The molecule has 2 aromatic rings. The molecule has 0 aliphatic carbocycles. The molecule has 7 nitrogen and oxygen atoms in total. The molecule has 1 fully saturated rings. The van der Waals surface area contributed by atoms with Crippen molar-refractivity contribution in [3.63, 3.8) is 0 Å². The Kier molecular flexibility index (Phi) is 3.09. The first-order valence-electron chi connectivity index (χ1n) is 6.47. The molecule has 1 aliphatic rings. The van der Waals surface area contributed by atoms with Gasteiger partial charge in [-0.1, -0.05) is 6.92 Å². The van der Waals surface area contributed by atoms with Gasteiger partial charge in [-0.2, -0.15) is 15.4 Å². The number of anilines is 1. The Morgan fingerprint density at radius 3 is 3.05 bits per heavy atom. The van der Waals surface area contributed by atoms with E-state index in [-0.39, 0.29) is 12.4 Å². The van der Waals surface area contributed by atoms with Gasteiger partial charge >= 0.3 is 0 Å². The SMILES string of the molecule is CCc1ncnc(N2CC[C@](O)(c3cn[nH]n3)C2)c1F. The number of aromatic amines is 1. The van der Waals surface area contributed by atoms with Gasteiger partial charge in [-0.05, 0) is 6.42 Å². The van der Waals surface area contributed by atoms with Crippen LogP contribution in [0.15, 0.2) is 12.5 Å². The van der Waals surface area contributed by atoms with Crippen molar-refractivity contribution in [2.45, 2.75) is 25.4 Å². The average Bonchev–Trinajstić information content (AvgIpc) is 3.09. The molecule has 0 bridgehead atoms. The van der Waals surface area contributed by atoms with Crippen LogP contribution in [0.25, 0.3) is 0 Å². The molecule has 3 rings (SSSR count). The molecule has 1 saturated heterocycles. The molecule has 3 heterocycles. The lowest BCUT2D eigenvalue weighted by atomic mass is 10.0. The first-order valence-corrected chi connectivity index (χ1v) is 6.47. The number of rotatable bonds is 3. The van der Waals surface area contributed by atoms with E-state index in [0.717, 1.165) is 0 Å². The number of nitrogens with zero attached hydrogens (tertiary/aromatic N) is 5. The Morgan fingerprint density at radius 1 is 1.50 bits per heavy atom. The van der Waals surface area contributed by atoms with E-state index in [1.807, 2.05) is 6.92 Å². The van der Waals surface area contributed by atoms with Crippen molar-refractivity contribution in [1.82, 2.24) is 25.4 Å². The van der Waals surface area contributed by atoms with Gasteiger partial charge in [-0.15, -0.1) is 0 Å². The van der Waals surface area contributed by atoms with Crippen LogP contribution in [0, 0.1) is 5.82 Å². The number of H-pyrrole nitrogens is 1. The second-order valence-corrected chi connectivity index (χ2v) is 4.87. The second-order valence-electron chi connectivity index (χ2n) is 4.87. The zero-order chi connectivity index (χ0) is 14.2. The molecule has 2 aromatic heterocycles. The van der Waals surface area contributed by atoms with Gasteiger partial charge in [0, 0.05) is 13.0 Å². The lowest BCUT2D eigenvalue weighted by Crippen LogP contribution is -2.32. The third kappa shape index (κ3) is 2.01. The smallest absolute Gasteiger partial charge is 0.187 e. The Hall–Kier alpha value is -2.09. The van der Waals surface area contributed by atoms with Crippen molar-refractivity contribution < 1.29 is 9.50 Å². The summed E-state index contributed by atoms with van der Waals surface area (Å²) in [5.41, 5.74) is -0.284. The first kappa shape index (κ1) is 12.9. The third-order valence-electron chi connectivity index (χ3n) is 3.62. The molecule has 0 unspecified atom stereocenters. The van der Waals surface area contributed by atoms with E-state index >= 15 is 0 Å². The predicted octanol–water partition coefficient (Wildman–Crippen LogP) is 0.394. The highest BCUT2D eigenvalue weighted by atomic mass is 19.1. The number of hydrogen-bond acceptors (Lipinski definition) is 6. The topological polar surface area (TPSA) is 90.8 Å². The highest BCUT2D eigenvalue weighted by Gasteiger charge is 2.41. The van der Waals surface area contributed by atoms with E-state index in [0.29, 0.717) is 30.8 Å². The molecular formula is C12H15FN6O. The van der Waals surface area contributed by atoms with Crippen molar-refractivity contribution in [2.75, 3.05) is 18.0 Å². The van der Waals surface area contributed by atoms with Gasteiger partial charge < -0.3 is 10.0 Å². The molecule has 0 saturated carbocycles. The molecule has 0 amide bonds. The Morgan fingerprint density at radius 2 is 2.35 bits per heavy atom. The van der Waals surface area contributed by atoms with E-state index in [1.165, 1.54) is 12.5 Å². The maximum absolute atomic E-state index is 14.2. The molecule has 8 heteroatoms. The fourth-order valence-electron chi connectivity index (χ4n) is 2.47. The van der Waals surface area contributed by atoms with Crippen molar-refractivity contribution >= 4 is 5.82 Å². The van der Waals surface area contributed by atoms with Crippen LogP contribution in [0.2, 0.25) is 0 Å². The van der Waals surface area contributed by atoms with E-state index in [2.05, 4.69) is 25.4 Å². The molecule has 106 valence electrons. The normalized spacial score (nSPS) is 22.4. The van der Waals surface area contributed by atoms with Crippen molar-refractivity contribution in [3.05, 3.63) is 29.7 Å². The van der Waals surface area contributed by atoms with Gasteiger partial charge in [0.15, 0.2) is 11.6 Å². The minimum atomic E-state index is -1.13. The summed E-state index contributed by atoms with van der Waals surface area (Å²) >= 11 is 0. The molecule has 0 radical (unpaired) electrons. The fourth-order valence-corrected chi connectivity index (χ4v) is 2.47. The molecule has 0 spiro atoms. The van der Waals surface area contributed by atoms with Gasteiger partial charge in [-0.25, -0.2) is 14.4 Å². The Balaban J connectivity index is 1.88. The largest absolute Gasteiger partial charge is 0.381 e. The van der Waals surface area contributed by atoms with Crippen molar-refractivity contribution in [2.24, 2.45) is 0 Å². The van der Waals surface area contributed by atoms with Crippen LogP contribution in [-0.2, 0) is 12.0 Å². The number of nitrogens with one attached hydrogen (secondary N) is 1. The summed E-state index contributed by atoms with van der Waals surface area (Å²) in [6, 6.07) is 0. The number of halogens is 1. The molecule has 2 N–H and O–H groups in total. The second kappa shape index (κ2) is 4.78. The molecule has 1 atom stereocenters. The molecule has 20 heavy (non-hydrogen) atoms. The number of aryl methyl sites for hydroxylation is 1. The van der Waals surface area contributed by atoms with E-state index in [1.54, 1.807) is 4.90 Å². The van der Waals surface area contributed by atoms with Crippen LogP contribution in [0.4, 0.5) is 10.2 Å². The van der Waals surface area contributed by atoms with Crippen LogP contribution < -0.4 is 4.90 Å². The maximum Gasteiger partial charge on any atom is 0.187 e. The van der Waals surface area contributed by atoms with Gasteiger partial charge in [0.25, 0.3) is 0 Å². The summed E-state index contributed by atoms with van der Waals surface area (Å²) in [4.78, 5) is 9.63. The monoisotopic (exact) mass is 278 g/mol. The van der Waals surface area contributed by atoms with Crippen LogP contribution >= 0.6 is 0 Å². The predicted molar refractivity (Wildman–Crippen MR) is 68.5 cm³/mol. The summed E-state index contributed by atoms with van der Waals surface area (Å²) in [7, 11) is 0. The number of hydrogen-bond donors (Lipinski definition) is 2. The van der Waals surface area contributed by atoms with E-state index in [9.17, 15) is 9.50 Å². The van der Waals surface area contributed by atoms with Gasteiger partial charge in [-0.3, -0.25) is 0 Å². The van der Waals surface area contributed by atoms with Crippen LogP contribution in [0.3, 0.4) is 0 Å². The quantitative estimate of drug-likeness (QED) is 0.844. The third-order valence-corrected chi connectivity index (χ3v) is 3.62. The molecular weight excluding hydrogens is 263 g/mol. The highest BCUT2D eigenvalue weighted by molar-refractivity contribution is 5.43. The summed E-state index contributed by atoms with van der Waals surface area (Å²) in [6.07, 6.45) is 3.79. The summed E-state index contributed by atoms with van der Waals surface area (Å²) in [5, 5.41) is 20.7. The molecule has 1 aliphatic heterocycles. The van der Waals surface area contributed by atoms with Crippen LogP contribution in [-0.4, -0.2) is 43.6 Å². The lowest BCUT2D eigenvalue weighted by molar-refractivity contribution is 0.0559. The first-order chi connectivity index (χ1) is 9.64. The van der Waals surface area contributed by atoms with Gasteiger partial charge in [0.1, 0.15) is 17.6 Å². The zero-order valence-corrected chi connectivity index (χ0v) is 11.0. The highest BCUT2D eigenvalue weighted by Crippen LogP contribution is 2.33. The Bertz CT molecular complexity index is 604. The van der Waals surface area contributed by atoms with Gasteiger partial charge in [0.05, 0.1) is 18.4 Å². The van der Waals surface area contributed by atoms with Crippen molar-refractivity contribution in [1.29, 1.82) is 0 Å². The number of aliphatic hydroxyl groups is 1. The van der Waals surface area contributed by atoms with Gasteiger partial charge in [0.2, 0.25) is 0 Å². The van der Waals surface area contributed by atoms with Crippen LogP contribution in [0.1, 0.15) is 24.7 Å². The Labute approximate surface area is 114 Å². The average molecular weight is 278 g/mol. The summed E-state index contributed by atoms with van der Waals surface area (Å²) in [5.74, 6) is -0.185. The van der Waals surface area contributed by atoms with E-state index in [4.69, 9.17) is 0 Å².